The molecular weight excluding hydrogens is 338 g/mol. The van der Waals surface area contributed by atoms with Gasteiger partial charge in [0.2, 0.25) is 0 Å². The van der Waals surface area contributed by atoms with Gasteiger partial charge in [0.15, 0.2) is 0 Å². The molecule has 2 aromatic rings. The van der Waals surface area contributed by atoms with Gasteiger partial charge in [-0.05, 0) is 44.2 Å². The molecule has 1 N–H and O–H groups in total. The van der Waals surface area contributed by atoms with Crippen molar-refractivity contribution in [2.75, 3.05) is 13.1 Å². The van der Waals surface area contributed by atoms with Crippen LogP contribution in [0.2, 0.25) is 0 Å². The van der Waals surface area contributed by atoms with Gasteiger partial charge < -0.3 is 9.88 Å². The third-order valence-electron chi connectivity index (χ3n) is 6.60. The van der Waals surface area contributed by atoms with E-state index in [4.69, 9.17) is 0 Å². The average Bonchev–Trinajstić information content (AvgIpc) is 2.64. The Balaban J connectivity index is 1.57. The van der Waals surface area contributed by atoms with Crippen LogP contribution >= 0.6 is 0 Å². The zero-order valence-electron chi connectivity index (χ0n) is 16.4. The molecule has 0 radical (unpaired) electrons. The molecule has 5 nitrogen and oxygen atoms in total. The van der Waals surface area contributed by atoms with Crippen molar-refractivity contribution in [3.63, 3.8) is 0 Å². The summed E-state index contributed by atoms with van der Waals surface area (Å²) in [6, 6.07) is 6.66. The van der Waals surface area contributed by atoms with Crippen LogP contribution in [0.15, 0.2) is 27.8 Å². The zero-order valence-corrected chi connectivity index (χ0v) is 16.4. The number of rotatable bonds is 2. The molecular formula is C22H31N3O2. The van der Waals surface area contributed by atoms with E-state index in [1.807, 2.05) is 25.1 Å². The minimum absolute atomic E-state index is 0.119. The van der Waals surface area contributed by atoms with Gasteiger partial charge in [-0.25, -0.2) is 0 Å². The van der Waals surface area contributed by atoms with Crippen molar-refractivity contribution in [1.82, 2.24) is 14.5 Å². The predicted molar refractivity (Wildman–Crippen MR) is 110 cm³/mol. The molecule has 0 amide bonds. The lowest BCUT2D eigenvalue weighted by Gasteiger charge is -2.39. The fraction of sp³-hybridized carbons (Fsp3) is 0.636. The number of likely N-dealkylation sites (tertiary alicyclic amines) is 1. The van der Waals surface area contributed by atoms with Gasteiger partial charge in [-0.3, -0.25) is 14.2 Å². The number of hydrogen-bond donors (Lipinski definition) is 1. The lowest BCUT2D eigenvalue weighted by atomic mass is 9.93. The molecule has 1 aliphatic carbocycles. The second-order valence-electron chi connectivity index (χ2n) is 8.37. The first-order valence-corrected chi connectivity index (χ1v) is 10.6. The number of piperidine rings is 1. The van der Waals surface area contributed by atoms with E-state index in [0.29, 0.717) is 6.04 Å². The summed E-state index contributed by atoms with van der Waals surface area (Å²) >= 11 is 0. The van der Waals surface area contributed by atoms with Crippen LogP contribution in [0.25, 0.3) is 11.0 Å². The highest BCUT2D eigenvalue weighted by atomic mass is 16.2. The Labute approximate surface area is 160 Å². The first-order chi connectivity index (χ1) is 13.1. The number of nitrogens with one attached hydrogen (secondary N) is 1. The molecule has 0 bridgehead atoms. The molecule has 1 saturated heterocycles. The summed E-state index contributed by atoms with van der Waals surface area (Å²) in [5.74, 6) is 0. The van der Waals surface area contributed by atoms with Gasteiger partial charge in [0.1, 0.15) is 0 Å². The van der Waals surface area contributed by atoms with Crippen molar-refractivity contribution >= 4 is 11.0 Å². The van der Waals surface area contributed by atoms with Crippen LogP contribution in [0.3, 0.4) is 0 Å². The second-order valence-corrected chi connectivity index (χ2v) is 8.37. The number of fused-ring (bicyclic) bond motifs is 1. The van der Waals surface area contributed by atoms with Crippen LogP contribution in [0, 0.1) is 6.92 Å². The minimum Gasteiger partial charge on any atom is -0.316 e. The molecule has 0 unspecified atom stereocenters. The van der Waals surface area contributed by atoms with Crippen LogP contribution in [0.5, 0.6) is 0 Å². The largest absolute Gasteiger partial charge is 0.316 e. The summed E-state index contributed by atoms with van der Waals surface area (Å²) in [5, 5.41) is 0. The van der Waals surface area contributed by atoms with Crippen LogP contribution < -0.4 is 11.1 Å². The highest BCUT2D eigenvalue weighted by Crippen LogP contribution is 2.29. The third kappa shape index (κ3) is 3.75. The second kappa shape index (κ2) is 8.01. The molecule has 27 heavy (non-hydrogen) atoms. The molecule has 1 aromatic heterocycles. The summed E-state index contributed by atoms with van der Waals surface area (Å²) < 4.78 is 1.79. The van der Waals surface area contributed by atoms with Crippen LogP contribution in [0.4, 0.5) is 0 Å². The smallest absolute Gasteiger partial charge is 0.316 e. The van der Waals surface area contributed by atoms with E-state index in [1.165, 1.54) is 44.9 Å². The van der Waals surface area contributed by atoms with Crippen LogP contribution in [0.1, 0.15) is 69.4 Å². The van der Waals surface area contributed by atoms with Crippen molar-refractivity contribution in [3.8, 4) is 0 Å². The molecule has 2 heterocycles. The number of H-pyrrole nitrogens is 1. The summed E-state index contributed by atoms with van der Waals surface area (Å²) in [5.41, 5.74) is 1.80. The predicted octanol–water partition coefficient (Wildman–Crippen LogP) is 3.75. The Hall–Kier alpha value is -1.88. The standard InChI is InChI=1S/C22H31N3O2/c1-16-8-7-11-19-20(16)25(22(27)21(26)23-19)18-12-14-24(15-13-18)17-9-5-3-2-4-6-10-17/h7-8,11,17-18H,2-6,9-10,12-15H2,1H3,(H,23,26). The first-order valence-electron chi connectivity index (χ1n) is 10.6. The van der Waals surface area contributed by atoms with E-state index >= 15 is 0 Å². The Morgan fingerprint density at radius 1 is 0.889 bits per heavy atom. The number of aryl methyl sites for hydroxylation is 1. The zero-order chi connectivity index (χ0) is 18.8. The SMILES string of the molecule is Cc1cccc2[nH]c(=O)c(=O)n(C3CCN(C4CCCCCCC4)CC3)c12. The van der Waals surface area contributed by atoms with Gasteiger partial charge in [-0.15, -0.1) is 0 Å². The average molecular weight is 370 g/mol. The maximum atomic E-state index is 12.7. The monoisotopic (exact) mass is 369 g/mol. The normalized spacial score (nSPS) is 21.2. The fourth-order valence-corrected chi connectivity index (χ4v) is 5.12. The minimum atomic E-state index is -0.504. The number of benzene rings is 1. The van der Waals surface area contributed by atoms with E-state index < -0.39 is 11.1 Å². The summed E-state index contributed by atoms with van der Waals surface area (Å²) in [7, 11) is 0. The van der Waals surface area contributed by atoms with Crippen LogP contribution in [-0.2, 0) is 0 Å². The molecule has 146 valence electrons. The molecule has 0 spiro atoms. The first kappa shape index (κ1) is 18.5. The Kier molecular flexibility index (Phi) is 5.48. The number of aromatic amines is 1. The van der Waals surface area contributed by atoms with E-state index in [9.17, 15) is 9.59 Å². The quantitative estimate of drug-likeness (QED) is 0.820. The Bertz CT molecular complexity index is 898. The molecule has 2 aliphatic rings. The van der Waals surface area contributed by atoms with Gasteiger partial charge in [0.25, 0.3) is 0 Å². The lowest BCUT2D eigenvalue weighted by Crippen LogP contribution is -2.45. The van der Waals surface area contributed by atoms with Crippen molar-refractivity contribution < 1.29 is 0 Å². The molecule has 4 rings (SSSR count). The molecule has 0 atom stereocenters. The molecule has 1 aliphatic heterocycles. The number of nitrogens with zero attached hydrogens (tertiary/aromatic N) is 2. The molecule has 1 saturated carbocycles. The van der Waals surface area contributed by atoms with Crippen molar-refractivity contribution in [2.24, 2.45) is 0 Å². The number of aromatic nitrogens is 2. The van der Waals surface area contributed by atoms with Crippen LogP contribution in [-0.4, -0.2) is 33.6 Å². The molecule has 2 fully saturated rings. The summed E-state index contributed by atoms with van der Waals surface area (Å²) in [6.07, 6.45) is 11.4. The summed E-state index contributed by atoms with van der Waals surface area (Å²) in [4.78, 5) is 30.3. The van der Waals surface area contributed by atoms with Crippen molar-refractivity contribution in [3.05, 3.63) is 44.5 Å². The third-order valence-corrected chi connectivity index (χ3v) is 6.60. The van der Waals surface area contributed by atoms with Crippen molar-refractivity contribution in [2.45, 2.75) is 76.8 Å². The Morgan fingerprint density at radius 2 is 1.56 bits per heavy atom. The maximum absolute atomic E-state index is 12.7. The van der Waals surface area contributed by atoms with E-state index in [-0.39, 0.29) is 6.04 Å². The Morgan fingerprint density at radius 3 is 2.26 bits per heavy atom. The number of para-hydroxylation sites is 1. The van der Waals surface area contributed by atoms with Gasteiger partial charge >= 0.3 is 11.1 Å². The van der Waals surface area contributed by atoms with E-state index in [2.05, 4.69) is 9.88 Å². The maximum Gasteiger partial charge on any atom is 0.316 e. The van der Waals surface area contributed by atoms with Gasteiger partial charge in [0, 0.05) is 25.2 Å². The highest BCUT2D eigenvalue weighted by Gasteiger charge is 2.28. The van der Waals surface area contributed by atoms with E-state index in [0.717, 1.165) is 42.5 Å². The van der Waals surface area contributed by atoms with Gasteiger partial charge in [0.05, 0.1) is 11.0 Å². The highest BCUT2D eigenvalue weighted by molar-refractivity contribution is 5.78. The lowest BCUT2D eigenvalue weighted by molar-refractivity contribution is 0.115. The van der Waals surface area contributed by atoms with E-state index in [1.54, 1.807) is 4.57 Å². The summed E-state index contributed by atoms with van der Waals surface area (Å²) in [6.45, 7) is 4.07. The topological polar surface area (TPSA) is 58.1 Å². The molecule has 1 aromatic carbocycles. The van der Waals surface area contributed by atoms with Gasteiger partial charge in [-0.2, -0.15) is 0 Å². The fourth-order valence-electron chi connectivity index (χ4n) is 5.12. The van der Waals surface area contributed by atoms with Gasteiger partial charge in [-0.1, -0.05) is 44.2 Å². The number of hydrogen-bond acceptors (Lipinski definition) is 3. The van der Waals surface area contributed by atoms with Crippen molar-refractivity contribution in [1.29, 1.82) is 0 Å². The molecule has 5 heteroatoms.